The smallest absolute Gasteiger partial charge is 0.335 e. The number of ether oxygens (including phenoxy) is 2. The minimum Gasteiger partial charge on any atom is -0.493 e. The van der Waals surface area contributed by atoms with Crippen LogP contribution in [0.5, 0.6) is 17.2 Å². The first-order valence-electron chi connectivity index (χ1n) is 14.3. The Morgan fingerprint density at radius 2 is 1.71 bits per heavy atom. The third kappa shape index (κ3) is 9.37. The number of benzene rings is 3. The van der Waals surface area contributed by atoms with Gasteiger partial charge in [0.25, 0.3) is 5.91 Å². The Morgan fingerprint density at radius 1 is 1.02 bits per heavy atom. The lowest BCUT2D eigenvalue weighted by atomic mass is 10.0. The number of nitrogens with two attached hydrogens (primary N) is 1. The number of rotatable bonds is 13. The number of hydrogen-bond donors (Lipinski definition) is 4. The molecule has 4 rings (SSSR count). The van der Waals surface area contributed by atoms with Crippen molar-refractivity contribution in [1.29, 1.82) is 0 Å². The van der Waals surface area contributed by atoms with Crippen molar-refractivity contribution in [1.82, 2.24) is 10.2 Å². The van der Waals surface area contributed by atoms with E-state index in [0.29, 0.717) is 36.2 Å². The Bertz CT molecular complexity index is 1500. The number of primary amides is 1. The Morgan fingerprint density at radius 3 is 2.31 bits per heavy atom. The van der Waals surface area contributed by atoms with E-state index in [1.807, 2.05) is 31.2 Å². The molecule has 1 fully saturated rings. The first kappa shape index (κ1) is 35.2. The molecule has 0 radical (unpaired) electrons. The molecule has 0 aliphatic carbocycles. The summed E-state index contributed by atoms with van der Waals surface area (Å²) < 4.78 is 39.3. The van der Waals surface area contributed by atoms with Gasteiger partial charge in [0.05, 0.1) is 30.0 Å². The van der Waals surface area contributed by atoms with Crippen LogP contribution < -0.4 is 25.8 Å². The molecule has 2 amide bonds. The summed E-state index contributed by atoms with van der Waals surface area (Å²) in [6, 6.07) is 13.0. The van der Waals surface area contributed by atoms with Crippen molar-refractivity contribution in [2.45, 2.75) is 51.2 Å². The van der Waals surface area contributed by atoms with Gasteiger partial charge in [0.2, 0.25) is 5.91 Å². The largest absolute Gasteiger partial charge is 0.493 e. The first-order chi connectivity index (χ1) is 21.1. The SMILES string of the molecule is CCCC(NC1CCN(Cc2ccc(Oc3ccc(C(=O)O)cc3OC)cc2)CC1)C(=O)Nc1cc(C(N)=O)c(F)cc1F.Cl. The number of carboxylic acid groups (broad SMARTS) is 1. The van der Waals surface area contributed by atoms with E-state index in [0.717, 1.165) is 44.1 Å². The third-order valence-corrected chi connectivity index (χ3v) is 7.47. The Hall–Kier alpha value is -4.26. The van der Waals surface area contributed by atoms with Gasteiger partial charge in [-0.25, -0.2) is 13.6 Å². The molecule has 242 valence electrons. The van der Waals surface area contributed by atoms with Gasteiger partial charge in [-0.1, -0.05) is 25.5 Å². The van der Waals surface area contributed by atoms with Crippen molar-refractivity contribution in [3.8, 4) is 17.2 Å². The summed E-state index contributed by atoms with van der Waals surface area (Å²) in [6.45, 7) is 4.28. The minimum absolute atomic E-state index is 0. The van der Waals surface area contributed by atoms with E-state index in [-0.39, 0.29) is 29.7 Å². The molecule has 13 heteroatoms. The van der Waals surface area contributed by atoms with Gasteiger partial charge < -0.3 is 30.9 Å². The molecule has 3 aromatic carbocycles. The zero-order valence-corrected chi connectivity index (χ0v) is 25.8. The molecule has 1 aliphatic rings. The van der Waals surface area contributed by atoms with Crippen LogP contribution in [0, 0.1) is 11.6 Å². The maximum absolute atomic E-state index is 14.3. The molecule has 0 spiro atoms. The van der Waals surface area contributed by atoms with Gasteiger partial charge in [0.15, 0.2) is 11.5 Å². The quantitative estimate of drug-likeness (QED) is 0.195. The van der Waals surface area contributed by atoms with Crippen LogP contribution >= 0.6 is 12.4 Å². The molecule has 10 nitrogen and oxygen atoms in total. The van der Waals surface area contributed by atoms with Gasteiger partial charge in [-0.15, -0.1) is 12.4 Å². The van der Waals surface area contributed by atoms with Crippen molar-refractivity contribution in [2.75, 3.05) is 25.5 Å². The number of nitrogens with one attached hydrogen (secondary N) is 2. The molecule has 1 aliphatic heterocycles. The van der Waals surface area contributed by atoms with E-state index in [4.69, 9.17) is 15.2 Å². The summed E-state index contributed by atoms with van der Waals surface area (Å²) in [5, 5.41) is 15.1. The van der Waals surface area contributed by atoms with Crippen molar-refractivity contribution < 1.29 is 37.7 Å². The van der Waals surface area contributed by atoms with Gasteiger partial charge in [-0.05, 0) is 74.3 Å². The van der Waals surface area contributed by atoms with Crippen molar-refractivity contribution >= 4 is 35.9 Å². The van der Waals surface area contributed by atoms with Gasteiger partial charge in [0.1, 0.15) is 17.4 Å². The highest BCUT2D eigenvalue weighted by molar-refractivity contribution is 5.98. The molecule has 5 N–H and O–H groups in total. The number of halogens is 3. The topological polar surface area (TPSA) is 143 Å². The number of amides is 2. The van der Waals surface area contributed by atoms with Crippen molar-refractivity contribution in [3.05, 3.63) is 82.9 Å². The van der Waals surface area contributed by atoms with E-state index >= 15 is 0 Å². The first-order valence-corrected chi connectivity index (χ1v) is 14.3. The molecule has 1 atom stereocenters. The van der Waals surface area contributed by atoms with Crippen LogP contribution in [0.25, 0.3) is 0 Å². The molecule has 0 saturated carbocycles. The lowest BCUT2D eigenvalue weighted by Gasteiger charge is -2.34. The average molecular weight is 647 g/mol. The Balaban J connectivity index is 0.00000552. The average Bonchev–Trinajstić information content (AvgIpc) is 3.00. The third-order valence-electron chi connectivity index (χ3n) is 7.47. The standard InChI is InChI=1S/C32H36F2N4O6.ClH/c1-3-4-26(31(40)37-27-16-23(30(35)39)24(33)17-25(27)34)36-21-11-13-38(14-12-21)18-19-5-8-22(9-6-19)44-28-10-7-20(32(41)42)15-29(28)43-2;/h5-10,15-17,21,26,36H,3-4,11-14,18H2,1-2H3,(H2,35,39)(H,37,40)(H,41,42);1H. The summed E-state index contributed by atoms with van der Waals surface area (Å²) in [5.74, 6) is -3.32. The van der Waals surface area contributed by atoms with Crippen LogP contribution in [0.3, 0.4) is 0 Å². The number of carbonyl (C=O) groups is 3. The number of anilines is 1. The lowest BCUT2D eigenvalue weighted by Crippen LogP contribution is -2.50. The summed E-state index contributed by atoms with van der Waals surface area (Å²) in [4.78, 5) is 38.0. The van der Waals surface area contributed by atoms with E-state index in [1.54, 1.807) is 6.07 Å². The molecule has 1 heterocycles. The van der Waals surface area contributed by atoms with Crippen LogP contribution in [0.1, 0.15) is 58.9 Å². The second kappa shape index (κ2) is 16.2. The molecule has 45 heavy (non-hydrogen) atoms. The Labute approximate surface area is 266 Å². The molecular weight excluding hydrogens is 610 g/mol. The predicted molar refractivity (Wildman–Crippen MR) is 167 cm³/mol. The number of hydrogen-bond acceptors (Lipinski definition) is 7. The summed E-state index contributed by atoms with van der Waals surface area (Å²) in [6.07, 6.45) is 2.83. The van der Waals surface area contributed by atoms with Crippen LogP contribution in [-0.2, 0) is 11.3 Å². The highest BCUT2D eigenvalue weighted by Crippen LogP contribution is 2.32. The van der Waals surface area contributed by atoms with E-state index in [9.17, 15) is 28.3 Å². The second-order valence-corrected chi connectivity index (χ2v) is 10.6. The van der Waals surface area contributed by atoms with Crippen molar-refractivity contribution in [3.63, 3.8) is 0 Å². The fourth-order valence-electron chi connectivity index (χ4n) is 5.11. The zero-order chi connectivity index (χ0) is 31.8. The normalized spacial score (nSPS) is 14.2. The summed E-state index contributed by atoms with van der Waals surface area (Å²) >= 11 is 0. The summed E-state index contributed by atoms with van der Waals surface area (Å²) in [5.41, 5.74) is 5.56. The number of piperidine rings is 1. The number of carbonyl (C=O) groups excluding carboxylic acids is 2. The highest BCUT2D eigenvalue weighted by atomic mass is 35.5. The van der Waals surface area contributed by atoms with Crippen molar-refractivity contribution in [2.24, 2.45) is 5.73 Å². The highest BCUT2D eigenvalue weighted by Gasteiger charge is 2.26. The van der Waals surface area contributed by atoms with E-state index in [2.05, 4.69) is 15.5 Å². The van der Waals surface area contributed by atoms with Crippen LogP contribution in [0.15, 0.2) is 54.6 Å². The van der Waals surface area contributed by atoms with Crippen LogP contribution in [0.2, 0.25) is 0 Å². The monoisotopic (exact) mass is 646 g/mol. The lowest BCUT2D eigenvalue weighted by molar-refractivity contribution is -0.118. The number of methoxy groups -OCH3 is 1. The van der Waals surface area contributed by atoms with E-state index in [1.165, 1.54) is 19.2 Å². The second-order valence-electron chi connectivity index (χ2n) is 10.6. The molecule has 3 aromatic rings. The maximum atomic E-state index is 14.3. The number of aromatic carboxylic acids is 1. The van der Waals surface area contributed by atoms with Crippen LogP contribution in [0.4, 0.5) is 14.5 Å². The number of nitrogens with zero attached hydrogens (tertiary/aromatic N) is 1. The fraction of sp³-hybridized carbons (Fsp3) is 0.344. The fourth-order valence-corrected chi connectivity index (χ4v) is 5.11. The zero-order valence-electron chi connectivity index (χ0n) is 25.0. The predicted octanol–water partition coefficient (Wildman–Crippen LogP) is 5.35. The maximum Gasteiger partial charge on any atom is 0.335 e. The Kier molecular flexibility index (Phi) is 12.7. The number of likely N-dealkylation sites (tertiary alicyclic amines) is 1. The van der Waals surface area contributed by atoms with Gasteiger partial charge in [-0.3, -0.25) is 14.5 Å². The molecule has 0 aromatic heterocycles. The van der Waals surface area contributed by atoms with Gasteiger partial charge in [0, 0.05) is 18.7 Å². The molecule has 0 bridgehead atoms. The summed E-state index contributed by atoms with van der Waals surface area (Å²) in [7, 11) is 1.45. The van der Waals surface area contributed by atoms with Gasteiger partial charge >= 0.3 is 5.97 Å². The molecule has 1 unspecified atom stereocenters. The number of carboxylic acids is 1. The molecule has 1 saturated heterocycles. The van der Waals surface area contributed by atoms with Crippen LogP contribution in [-0.4, -0.2) is 60.1 Å². The molecular formula is C32H37ClF2N4O6. The van der Waals surface area contributed by atoms with E-state index < -0.39 is 41.0 Å². The minimum atomic E-state index is -1.09. The van der Waals surface area contributed by atoms with Gasteiger partial charge in [-0.2, -0.15) is 0 Å².